The van der Waals surface area contributed by atoms with E-state index in [2.05, 4.69) is 27.6 Å². The highest BCUT2D eigenvalue weighted by Crippen LogP contribution is 2.21. The molecule has 0 aromatic heterocycles. The van der Waals surface area contributed by atoms with Crippen LogP contribution in [-0.2, 0) is 4.79 Å². The average molecular weight is 453 g/mol. The van der Waals surface area contributed by atoms with Crippen molar-refractivity contribution in [3.63, 3.8) is 0 Å². The topological polar surface area (TPSA) is 60.0 Å². The Hall–Kier alpha value is -0.570. The Kier molecular flexibility index (Phi) is 13.4. The molecule has 0 heterocycles. The van der Waals surface area contributed by atoms with Crippen molar-refractivity contribution in [1.82, 2.24) is 20.4 Å². The summed E-state index contributed by atoms with van der Waals surface area (Å²) in [6.45, 7) is 4.99. The lowest BCUT2D eigenvalue weighted by atomic mass is 9.94. The number of halogens is 1. The van der Waals surface area contributed by atoms with Crippen molar-refractivity contribution in [3.05, 3.63) is 0 Å². The van der Waals surface area contributed by atoms with Gasteiger partial charge in [0.2, 0.25) is 5.91 Å². The first kappa shape index (κ1) is 23.4. The predicted octanol–water partition coefficient (Wildman–Crippen LogP) is 1.90. The zero-order chi connectivity index (χ0) is 17.1. The number of carbonyl (C=O) groups excluding carboxylic acids is 1. The van der Waals surface area contributed by atoms with Crippen molar-refractivity contribution < 1.29 is 4.79 Å². The Labute approximate surface area is 164 Å². The second-order valence-electron chi connectivity index (χ2n) is 6.54. The van der Waals surface area contributed by atoms with E-state index in [9.17, 15) is 4.79 Å². The molecule has 24 heavy (non-hydrogen) atoms. The molecule has 0 aromatic rings. The lowest BCUT2D eigenvalue weighted by Gasteiger charge is -2.31. The minimum Gasteiger partial charge on any atom is -0.357 e. The van der Waals surface area contributed by atoms with Crippen LogP contribution in [0.4, 0.5) is 0 Å². The van der Waals surface area contributed by atoms with E-state index in [0.29, 0.717) is 0 Å². The fraction of sp³-hybridized carbons (Fsp3) is 0.882. The van der Waals surface area contributed by atoms with Crippen LogP contribution in [0.3, 0.4) is 0 Å². The monoisotopic (exact) mass is 453 g/mol. The third kappa shape index (κ3) is 9.66. The van der Waals surface area contributed by atoms with Crippen LogP contribution in [0.15, 0.2) is 4.99 Å². The van der Waals surface area contributed by atoms with E-state index in [1.165, 1.54) is 32.1 Å². The molecule has 1 aliphatic rings. The minimum atomic E-state index is 0. The van der Waals surface area contributed by atoms with Gasteiger partial charge in [-0.1, -0.05) is 19.3 Å². The first-order valence-electron chi connectivity index (χ1n) is 8.97. The molecule has 7 heteroatoms. The Morgan fingerprint density at radius 3 is 2.38 bits per heavy atom. The van der Waals surface area contributed by atoms with E-state index >= 15 is 0 Å². The highest BCUT2D eigenvalue weighted by Gasteiger charge is 2.17. The highest BCUT2D eigenvalue weighted by atomic mass is 127. The molecule has 0 bridgehead atoms. The number of amides is 1. The van der Waals surface area contributed by atoms with E-state index < -0.39 is 0 Å². The maximum atomic E-state index is 11.6. The number of guanidine groups is 1. The van der Waals surface area contributed by atoms with Crippen molar-refractivity contribution >= 4 is 35.8 Å². The minimum absolute atomic E-state index is 0. The maximum Gasteiger partial charge on any atom is 0.243 e. The summed E-state index contributed by atoms with van der Waals surface area (Å²) < 4.78 is 0. The number of hydrogen-bond donors (Lipinski definition) is 2. The molecule has 1 rings (SSSR count). The van der Waals surface area contributed by atoms with Gasteiger partial charge in [-0.2, -0.15) is 0 Å². The molecular formula is C17H36IN5O. The van der Waals surface area contributed by atoms with Gasteiger partial charge in [-0.25, -0.2) is 4.99 Å². The first-order valence-corrected chi connectivity index (χ1v) is 8.97. The number of hydrogen-bond acceptors (Lipinski definition) is 3. The van der Waals surface area contributed by atoms with Crippen LogP contribution < -0.4 is 10.6 Å². The molecule has 0 aliphatic heterocycles. The van der Waals surface area contributed by atoms with Crippen LogP contribution in [0.2, 0.25) is 0 Å². The van der Waals surface area contributed by atoms with Crippen LogP contribution in [0.1, 0.15) is 45.4 Å². The largest absolute Gasteiger partial charge is 0.357 e. The molecule has 2 N–H and O–H groups in total. The van der Waals surface area contributed by atoms with Crippen molar-refractivity contribution in [2.45, 2.75) is 51.5 Å². The van der Waals surface area contributed by atoms with E-state index in [-0.39, 0.29) is 36.4 Å². The van der Waals surface area contributed by atoms with Crippen molar-refractivity contribution in [2.75, 3.05) is 47.3 Å². The number of aliphatic imine (C=N–C) groups is 1. The number of likely N-dealkylation sites (N-methyl/N-ethyl adjacent to an activating group) is 1. The Bertz CT molecular complexity index is 370. The van der Waals surface area contributed by atoms with Gasteiger partial charge in [-0.05, 0) is 39.8 Å². The third-order valence-corrected chi connectivity index (χ3v) is 4.39. The van der Waals surface area contributed by atoms with Gasteiger partial charge in [0, 0.05) is 33.2 Å². The van der Waals surface area contributed by atoms with Crippen molar-refractivity contribution in [2.24, 2.45) is 4.99 Å². The van der Waals surface area contributed by atoms with Crippen LogP contribution in [0.5, 0.6) is 0 Å². The molecule has 1 aliphatic carbocycles. The van der Waals surface area contributed by atoms with Crippen LogP contribution in [-0.4, -0.2) is 75.0 Å². The zero-order valence-corrected chi connectivity index (χ0v) is 18.1. The number of carbonyl (C=O) groups is 1. The molecule has 0 aromatic carbocycles. The molecule has 0 radical (unpaired) electrons. The molecule has 0 saturated heterocycles. The molecule has 0 unspecified atom stereocenters. The van der Waals surface area contributed by atoms with Gasteiger partial charge < -0.3 is 20.4 Å². The Balaban J connectivity index is 0.00000529. The molecule has 0 spiro atoms. The molecule has 1 fully saturated rings. The Morgan fingerprint density at radius 2 is 1.79 bits per heavy atom. The van der Waals surface area contributed by atoms with E-state index in [1.54, 1.807) is 19.0 Å². The van der Waals surface area contributed by atoms with Crippen LogP contribution in [0, 0.1) is 0 Å². The summed E-state index contributed by atoms with van der Waals surface area (Å²) in [5.74, 6) is 0.738. The molecule has 1 saturated carbocycles. The van der Waals surface area contributed by atoms with Gasteiger partial charge in [0.05, 0.1) is 0 Å². The fourth-order valence-electron chi connectivity index (χ4n) is 2.87. The second kappa shape index (κ2) is 13.7. The summed E-state index contributed by atoms with van der Waals surface area (Å²) in [6.07, 6.45) is 7.94. The fourth-order valence-corrected chi connectivity index (χ4v) is 2.87. The van der Waals surface area contributed by atoms with Gasteiger partial charge in [-0.3, -0.25) is 4.79 Å². The lowest BCUT2D eigenvalue weighted by molar-refractivity contribution is -0.127. The first-order chi connectivity index (χ1) is 11.0. The molecule has 0 atom stereocenters. The standard InChI is InChI=1S/C17H35N5O.HI/c1-5-18-17(20-14-16(23)21(2)3)19-12-9-13-22(4)15-10-7-6-8-11-15;/h15H,5-14H2,1-4H3,(H2,18,19,20);1H. The van der Waals surface area contributed by atoms with Crippen LogP contribution in [0.25, 0.3) is 0 Å². The normalized spacial score (nSPS) is 15.8. The zero-order valence-electron chi connectivity index (χ0n) is 15.8. The summed E-state index contributed by atoms with van der Waals surface area (Å²) in [4.78, 5) is 20.0. The van der Waals surface area contributed by atoms with Gasteiger partial charge >= 0.3 is 0 Å². The molecular weight excluding hydrogens is 417 g/mol. The molecule has 142 valence electrons. The van der Waals surface area contributed by atoms with Gasteiger partial charge in [0.25, 0.3) is 0 Å². The lowest BCUT2D eigenvalue weighted by Crippen LogP contribution is -2.40. The van der Waals surface area contributed by atoms with E-state index in [4.69, 9.17) is 0 Å². The highest BCUT2D eigenvalue weighted by molar-refractivity contribution is 14.0. The summed E-state index contributed by atoms with van der Waals surface area (Å²) >= 11 is 0. The van der Waals surface area contributed by atoms with Crippen molar-refractivity contribution in [1.29, 1.82) is 0 Å². The van der Waals surface area contributed by atoms with Gasteiger partial charge in [0.1, 0.15) is 6.54 Å². The summed E-state index contributed by atoms with van der Waals surface area (Å²) in [5.41, 5.74) is 0. The summed E-state index contributed by atoms with van der Waals surface area (Å²) in [5, 5.41) is 6.50. The van der Waals surface area contributed by atoms with E-state index in [1.807, 2.05) is 6.92 Å². The third-order valence-electron chi connectivity index (χ3n) is 4.39. The Morgan fingerprint density at radius 1 is 1.12 bits per heavy atom. The smallest absolute Gasteiger partial charge is 0.243 e. The average Bonchev–Trinajstić information content (AvgIpc) is 2.56. The number of nitrogens with one attached hydrogen (secondary N) is 2. The predicted molar refractivity (Wildman–Crippen MR) is 112 cm³/mol. The second-order valence-corrected chi connectivity index (χ2v) is 6.54. The summed E-state index contributed by atoms with van der Waals surface area (Å²) in [7, 11) is 5.74. The SMILES string of the molecule is CCNC(=NCC(=O)N(C)C)NCCCN(C)C1CCCCC1.I. The van der Waals surface area contributed by atoms with E-state index in [0.717, 1.165) is 38.1 Å². The van der Waals surface area contributed by atoms with Gasteiger partial charge in [0.15, 0.2) is 5.96 Å². The summed E-state index contributed by atoms with van der Waals surface area (Å²) in [6, 6.07) is 0.767. The van der Waals surface area contributed by atoms with Gasteiger partial charge in [-0.15, -0.1) is 24.0 Å². The molecule has 1 amide bonds. The maximum absolute atomic E-state index is 11.6. The quantitative estimate of drug-likeness (QED) is 0.255. The number of nitrogens with zero attached hydrogens (tertiary/aromatic N) is 3. The van der Waals surface area contributed by atoms with Crippen molar-refractivity contribution in [3.8, 4) is 0 Å². The molecule has 6 nitrogen and oxygen atoms in total. The van der Waals surface area contributed by atoms with Crippen LogP contribution >= 0.6 is 24.0 Å². The number of rotatable bonds is 8.